The number of nitrogens with one attached hydrogen (secondary N) is 3. The van der Waals surface area contributed by atoms with Crippen LogP contribution in [-0.4, -0.2) is 60.4 Å². The van der Waals surface area contributed by atoms with Crippen molar-refractivity contribution in [1.82, 2.24) is 20.9 Å². The first-order chi connectivity index (χ1) is 19.5. The molecule has 0 aromatic heterocycles. The normalized spacial score (nSPS) is 24.4. The Morgan fingerprint density at radius 1 is 0.800 bits per heavy atom. The maximum Gasteiger partial charge on any atom is 0.245 e. The van der Waals surface area contributed by atoms with E-state index in [1.807, 2.05) is 72.5 Å². The highest BCUT2D eigenvalue weighted by Crippen LogP contribution is 2.40. The molecule has 1 saturated heterocycles. The average Bonchev–Trinajstić information content (AvgIpc) is 3.60. The molecule has 7 heteroatoms. The van der Waals surface area contributed by atoms with E-state index in [1.54, 1.807) is 7.05 Å². The minimum atomic E-state index is -0.513. The van der Waals surface area contributed by atoms with E-state index < -0.39 is 12.0 Å². The van der Waals surface area contributed by atoms with Crippen molar-refractivity contribution in [2.45, 2.75) is 88.4 Å². The summed E-state index contributed by atoms with van der Waals surface area (Å²) in [7, 11) is 1.76. The van der Waals surface area contributed by atoms with E-state index >= 15 is 0 Å². The molecule has 3 aliphatic rings. The average molecular weight is 545 g/mol. The molecule has 0 unspecified atom stereocenters. The first-order valence-corrected chi connectivity index (χ1v) is 15.2. The lowest BCUT2D eigenvalue weighted by molar-refractivity contribution is -0.140. The van der Waals surface area contributed by atoms with E-state index in [1.165, 1.54) is 6.42 Å². The molecular weight excluding hydrogens is 500 g/mol. The minimum absolute atomic E-state index is 0.0256. The Kier molecular flexibility index (Phi) is 9.20. The molecule has 3 N–H and O–H groups in total. The Labute approximate surface area is 238 Å². The fourth-order valence-electron chi connectivity index (χ4n) is 7.21. The van der Waals surface area contributed by atoms with E-state index in [2.05, 4.69) is 16.0 Å². The lowest BCUT2D eigenvalue weighted by atomic mass is 9.83. The van der Waals surface area contributed by atoms with Crippen LogP contribution in [0.1, 0.15) is 75.3 Å². The van der Waals surface area contributed by atoms with E-state index in [0.717, 1.165) is 56.1 Å². The van der Waals surface area contributed by atoms with Gasteiger partial charge in [0, 0.05) is 12.6 Å². The summed E-state index contributed by atoms with van der Waals surface area (Å²) >= 11 is 0. The van der Waals surface area contributed by atoms with Gasteiger partial charge in [-0.05, 0) is 69.0 Å². The largest absolute Gasteiger partial charge is 0.350 e. The van der Waals surface area contributed by atoms with Crippen molar-refractivity contribution in [2.24, 2.45) is 11.8 Å². The van der Waals surface area contributed by atoms with Gasteiger partial charge in [0.15, 0.2) is 0 Å². The van der Waals surface area contributed by atoms with Crippen molar-refractivity contribution in [3.05, 3.63) is 71.8 Å². The SMILES string of the molecule is CN[C@@H](C)C(=O)N[C@H](C(=O)N1CC[C@H]2CC[C@H](NC(=O)C(c3ccccc3)c3ccccc3)[C@H]21)C1CCCCC1. The van der Waals surface area contributed by atoms with Gasteiger partial charge in [0.05, 0.1) is 18.0 Å². The van der Waals surface area contributed by atoms with Crippen molar-refractivity contribution in [2.75, 3.05) is 13.6 Å². The van der Waals surface area contributed by atoms with Crippen LogP contribution in [0, 0.1) is 11.8 Å². The molecule has 2 aromatic rings. The predicted molar refractivity (Wildman–Crippen MR) is 157 cm³/mol. The Bertz CT molecular complexity index is 1110. The van der Waals surface area contributed by atoms with Crippen molar-refractivity contribution in [3.8, 4) is 0 Å². The Balaban J connectivity index is 1.36. The maximum absolute atomic E-state index is 14.2. The molecule has 5 atom stereocenters. The van der Waals surface area contributed by atoms with Gasteiger partial charge in [0.25, 0.3) is 0 Å². The Morgan fingerprint density at radius 2 is 1.43 bits per heavy atom. The number of fused-ring (bicyclic) bond motifs is 1. The highest BCUT2D eigenvalue weighted by atomic mass is 16.2. The molecular formula is C33H44N4O3. The van der Waals surface area contributed by atoms with Gasteiger partial charge in [-0.1, -0.05) is 79.9 Å². The van der Waals surface area contributed by atoms with Crippen LogP contribution in [-0.2, 0) is 14.4 Å². The number of likely N-dealkylation sites (N-methyl/N-ethyl adjacent to an activating group) is 1. The number of likely N-dealkylation sites (tertiary alicyclic amines) is 1. The van der Waals surface area contributed by atoms with E-state index in [4.69, 9.17) is 0 Å². The highest BCUT2D eigenvalue weighted by Gasteiger charge is 2.49. The topological polar surface area (TPSA) is 90.5 Å². The highest BCUT2D eigenvalue weighted by molar-refractivity contribution is 5.91. The minimum Gasteiger partial charge on any atom is -0.350 e. The van der Waals surface area contributed by atoms with Crippen LogP contribution in [0.15, 0.2) is 60.7 Å². The van der Waals surface area contributed by atoms with E-state index in [-0.39, 0.29) is 41.8 Å². The molecule has 0 radical (unpaired) electrons. The van der Waals surface area contributed by atoms with E-state index in [9.17, 15) is 14.4 Å². The first kappa shape index (κ1) is 28.3. The number of hydrogen-bond acceptors (Lipinski definition) is 4. The predicted octanol–water partition coefficient (Wildman–Crippen LogP) is 3.99. The van der Waals surface area contributed by atoms with Crippen LogP contribution >= 0.6 is 0 Å². The van der Waals surface area contributed by atoms with Crippen LogP contribution in [0.3, 0.4) is 0 Å². The van der Waals surface area contributed by atoms with Crippen molar-refractivity contribution < 1.29 is 14.4 Å². The summed E-state index contributed by atoms with van der Waals surface area (Å²) in [5.41, 5.74) is 1.91. The smallest absolute Gasteiger partial charge is 0.245 e. The van der Waals surface area contributed by atoms with Gasteiger partial charge >= 0.3 is 0 Å². The molecule has 2 aromatic carbocycles. The van der Waals surface area contributed by atoms with E-state index in [0.29, 0.717) is 12.5 Å². The van der Waals surface area contributed by atoms with Gasteiger partial charge in [0.2, 0.25) is 17.7 Å². The molecule has 0 bridgehead atoms. The molecule has 7 nitrogen and oxygen atoms in total. The number of hydrogen-bond donors (Lipinski definition) is 3. The number of carbonyl (C=O) groups is 3. The van der Waals surface area contributed by atoms with Crippen LogP contribution in [0.4, 0.5) is 0 Å². The molecule has 40 heavy (non-hydrogen) atoms. The molecule has 5 rings (SSSR count). The molecule has 214 valence electrons. The zero-order valence-electron chi connectivity index (χ0n) is 23.9. The lowest BCUT2D eigenvalue weighted by Crippen LogP contribution is -2.59. The van der Waals surface area contributed by atoms with Gasteiger partial charge in [-0.15, -0.1) is 0 Å². The summed E-state index contributed by atoms with van der Waals surface area (Å²) in [6.45, 7) is 2.50. The summed E-state index contributed by atoms with van der Waals surface area (Å²) in [6.07, 6.45) is 8.10. The summed E-state index contributed by atoms with van der Waals surface area (Å²) in [4.78, 5) is 43.1. The summed E-state index contributed by atoms with van der Waals surface area (Å²) in [6, 6.07) is 18.8. The third-order valence-electron chi connectivity index (χ3n) is 9.49. The van der Waals surface area contributed by atoms with Crippen molar-refractivity contribution >= 4 is 17.7 Å². The molecule has 1 aliphatic heterocycles. The molecule has 0 spiro atoms. The van der Waals surface area contributed by atoms with Gasteiger partial charge in [-0.3, -0.25) is 14.4 Å². The Hall–Kier alpha value is -3.19. The van der Waals surface area contributed by atoms with Crippen molar-refractivity contribution in [1.29, 1.82) is 0 Å². The van der Waals surface area contributed by atoms with Crippen LogP contribution in [0.25, 0.3) is 0 Å². The Morgan fingerprint density at radius 3 is 2.02 bits per heavy atom. The fraction of sp³-hybridized carbons (Fsp3) is 0.545. The standard InChI is InChI=1S/C33H44N4O3/c1-22(34-2)31(38)36-29(25-16-10-5-11-17-25)33(40)37-21-20-26-18-19-27(30(26)37)35-32(39)28(23-12-6-3-7-13-23)24-14-8-4-9-15-24/h3-4,6-9,12-15,22,25-30,34H,5,10-11,16-21H2,1-2H3,(H,35,39)(H,36,38)/t22-,26+,27-,29-,30-/m0/s1. The first-order valence-electron chi connectivity index (χ1n) is 15.2. The third kappa shape index (κ3) is 6.09. The molecule has 1 heterocycles. The van der Waals surface area contributed by atoms with Gasteiger partial charge in [-0.25, -0.2) is 0 Å². The third-order valence-corrected chi connectivity index (χ3v) is 9.49. The molecule has 2 aliphatic carbocycles. The van der Waals surface area contributed by atoms with Crippen LogP contribution in [0.5, 0.6) is 0 Å². The van der Waals surface area contributed by atoms with Gasteiger partial charge < -0.3 is 20.9 Å². The number of benzene rings is 2. The number of nitrogens with zero attached hydrogens (tertiary/aromatic N) is 1. The number of carbonyl (C=O) groups excluding carboxylic acids is 3. The molecule has 2 saturated carbocycles. The van der Waals surface area contributed by atoms with Gasteiger partial charge in [-0.2, -0.15) is 0 Å². The van der Waals surface area contributed by atoms with Crippen molar-refractivity contribution in [3.63, 3.8) is 0 Å². The number of rotatable bonds is 9. The second-order valence-electron chi connectivity index (χ2n) is 11.9. The molecule has 3 fully saturated rings. The van der Waals surface area contributed by atoms with Gasteiger partial charge in [0.1, 0.15) is 6.04 Å². The zero-order valence-corrected chi connectivity index (χ0v) is 23.9. The molecule has 3 amide bonds. The second-order valence-corrected chi connectivity index (χ2v) is 11.9. The summed E-state index contributed by atoms with van der Waals surface area (Å²) < 4.78 is 0. The summed E-state index contributed by atoms with van der Waals surface area (Å²) in [5.74, 6) is -0.0121. The lowest BCUT2D eigenvalue weighted by Gasteiger charge is -2.37. The summed E-state index contributed by atoms with van der Waals surface area (Å²) in [5, 5.41) is 9.52. The van der Waals surface area contributed by atoms with Crippen LogP contribution in [0.2, 0.25) is 0 Å². The monoisotopic (exact) mass is 544 g/mol. The number of amides is 3. The van der Waals surface area contributed by atoms with Crippen LogP contribution < -0.4 is 16.0 Å². The zero-order chi connectivity index (χ0) is 28.1. The fourth-order valence-corrected chi connectivity index (χ4v) is 7.21. The quantitative estimate of drug-likeness (QED) is 0.445. The second kappa shape index (κ2) is 13.0. The maximum atomic E-state index is 14.2.